The molecule has 66 valence electrons. The summed E-state index contributed by atoms with van der Waals surface area (Å²) >= 11 is 5.87. The Morgan fingerprint density at radius 3 is 2.50 bits per heavy atom. The first-order chi connectivity index (χ1) is 5.54. The zero-order valence-corrected chi connectivity index (χ0v) is 7.82. The van der Waals surface area contributed by atoms with Crippen molar-refractivity contribution in [1.82, 2.24) is 0 Å². The van der Waals surface area contributed by atoms with Gasteiger partial charge in [0, 0.05) is 11.6 Å². The maximum atomic E-state index is 13.1. The van der Waals surface area contributed by atoms with Crippen LogP contribution in [0.3, 0.4) is 0 Å². The van der Waals surface area contributed by atoms with Crippen LogP contribution in [0.5, 0.6) is 0 Å². The van der Waals surface area contributed by atoms with Crippen molar-refractivity contribution in [3.63, 3.8) is 0 Å². The van der Waals surface area contributed by atoms with E-state index in [0.29, 0.717) is 10.6 Å². The van der Waals surface area contributed by atoms with E-state index in [1.165, 1.54) is 6.07 Å². The molecule has 0 spiro atoms. The summed E-state index contributed by atoms with van der Waals surface area (Å²) in [4.78, 5) is 0. The van der Waals surface area contributed by atoms with E-state index >= 15 is 0 Å². The number of halogens is 2. The largest absolute Gasteiger partial charge is 0.324 e. The SMILES string of the molecule is Cc1ccc(F)c([C@H](C)N)c1Cl. The number of rotatable bonds is 1. The third-order valence-corrected chi connectivity index (χ3v) is 2.28. The Hall–Kier alpha value is -0.600. The summed E-state index contributed by atoms with van der Waals surface area (Å²) in [5.41, 5.74) is 6.81. The van der Waals surface area contributed by atoms with Crippen molar-refractivity contribution < 1.29 is 4.39 Å². The number of hydrogen-bond donors (Lipinski definition) is 1. The first-order valence-corrected chi connectivity index (χ1v) is 4.12. The highest BCUT2D eigenvalue weighted by Gasteiger charge is 2.12. The van der Waals surface area contributed by atoms with Crippen molar-refractivity contribution in [3.05, 3.63) is 34.1 Å². The molecule has 0 unspecified atom stereocenters. The summed E-state index contributed by atoms with van der Waals surface area (Å²) in [6.45, 7) is 3.54. The van der Waals surface area contributed by atoms with E-state index in [9.17, 15) is 4.39 Å². The smallest absolute Gasteiger partial charge is 0.129 e. The molecule has 0 heterocycles. The fourth-order valence-corrected chi connectivity index (χ4v) is 1.42. The molecule has 2 N–H and O–H groups in total. The van der Waals surface area contributed by atoms with E-state index < -0.39 is 0 Å². The van der Waals surface area contributed by atoms with Crippen molar-refractivity contribution in [2.75, 3.05) is 0 Å². The second-order valence-corrected chi connectivity index (χ2v) is 3.26. The molecule has 1 atom stereocenters. The second kappa shape index (κ2) is 3.42. The van der Waals surface area contributed by atoms with Gasteiger partial charge in [0.15, 0.2) is 0 Å². The number of nitrogens with two attached hydrogens (primary N) is 1. The minimum absolute atomic E-state index is 0.333. The zero-order chi connectivity index (χ0) is 9.30. The summed E-state index contributed by atoms with van der Waals surface area (Å²) < 4.78 is 13.1. The second-order valence-electron chi connectivity index (χ2n) is 2.88. The van der Waals surface area contributed by atoms with Crippen LogP contribution in [-0.4, -0.2) is 0 Å². The highest BCUT2D eigenvalue weighted by molar-refractivity contribution is 6.32. The van der Waals surface area contributed by atoms with Crippen LogP contribution in [0.2, 0.25) is 5.02 Å². The van der Waals surface area contributed by atoms with Crippen molar-refractivity contribution in [2.45, 2.75) is 19.9 Å². The highest BCUT2D eigenvalue weighted by Crippen LogP contribution is 2.27. The predicted octanol–water partition coefficient (Wildman–Crippen LogP) is 2.81. The van der Waals surface area contributed by atoms with Gasteiger partial charge in [-0.1, -0.05) is 17.7 Å². The Bertz CT molecular complexity index is 297. The molecule has 0 fully saturated rings. The fraction of sp³-hybridized carbons (Fsp3) is 0.333. The molecule has 1 rings (SSSR count). The van der Waals surface area contributed by atoms with E-state index in [1.54, 1.807) is 13.0 Å². The molecule has 0 aliphatic rings. The Morgan fingerprint density at radius 1 is 1.50 bits per heavy atom. The molecule has 3 heteroatoms. The standard InChI is InChI=1S/C9H11ClFN/c1-5-3-4-7(11)8(6(2)12)9(5)10/h3-4,6H,12H2,1-2H3/t6-/m0/s1. The lowest BCUT2D eigenvalue weighted by Crippen LogP contribution is -2.08. The number of hydrogen-bond acceptors (Lipinski definition) is 1. The van der Waals surface area contributed by atoms with Crippen molar-refractivity contribution in [2.24, 2.45) is 5.73 Å². The lowest BCUT2D eigenvalue weighted by molar-refractivity contribution is 0.593. The van der Waals surface area contributed by atoms with Crippen molar-refractivity contribution in [3.8, 4) is 0 Å². The zero-order valence-electron chi connectivity index (χ0n) is 7.07. The van der Waals surface area contributed by atoms with Gasteiger partial charge in [0.05, 0.1) is 5.02 Å². The van der Waals surface area contributed by atoms with E-state index in [-0.39, 0.29) is 11.9 Å². The number of benzene rings is 1. The molecular weight excluding hydrogens is 177 g/mol. The lowest BCUT2D eigenvalue weighted by atomic mass is 10.1. The molecular formula is C9H11ClFN. The highest BCUT2D eigenvalue weighted by atomic mass is 35.5. The van der Waals surface area contributed by atoms with Gasteiger partial charge in [0.25, 0.3) is 0 Å². The average molecular weight is 188 g/mol. The molecule has 0 radical (unpaired) electrons. The maximum Gasteiger partial charge on any atom is 0.129 e. The van der Waals surface area contributed by atoms with Crippen LogP contribution in [-0.2, 0) is 0 Å². The molecule has 0 saturated carbocycles. The van der Waals surface area contributed by atoms with Gasteiger partial charge >= 0.3 is 0 Å². The topological polar surface area (TPSA) is 26.0 Å². The molecule has 1 aromatic carbocycles. The van der Waals surface area contributed by atoms with Gasteiger partial charge in [-0.05, 0) is 25.5 Å². The monoisotopic (exact) mass is 187 g/mol. The van der Waals surface area contributed by atoms with Crippen LogP contribution >= 0.6 is 11.6 Å². The van der Waals surface area contributed by atoms with E-state index in [4.69, 9.17) is 17.3 Å². The summed E-state index contributed by atoms with van der Waals surface area (Å²) in [5, 5.41) is 0.435. The van der Waals surface area contributed by atoms with Crippen LogP contribution in [0.25, 0.3) is 0 Å². The minimum atomic E-state index is -0.364. The Morgan fingerprint density at radius 2 is 2.08 bits per heavy atom. The lowest BCUT2D eigenvalue weighted by Gasteiger charge is -2.10. The van der Waals surface area contributed by atoms with Gasteiger partial charge in [-0.2, -0.15) is 0 Å². The summed E-state index contributed by atoms with van der Waals surface area (Å²) in [6, 6.07) is 2.67. The molecule has 1 aromatic rings. The quantitative estimate of drug-likeness (QED) is 0.719. The first kappa shape index (κ1) is 9.49. The predicted molar refractivity (Wildman–Crippen MR) is 48.7 cm³/mol. The van der Waals surface area contributed by atoms with Crippen LogP contribution in [0.1, 0.15) is 24.1 Å². The van der Waals surface area contributed by atoms with Gasteiger partial charge in [-0.25, -0.2) is 4.39 Å². The Kier molecular flexibility index (Phi) is 2.70. The minimum Gasteiger partial charge on any atom is -0.324 e. The maximum absolute atomic E-state index is 13.1. The summed E-state index contributed by atoms with van der Waals surface area (Å²) in [6.07, 6.45) is 0. The Balaban J connectivity index is 3.33. The van der Waals surface area contributed by atoms with Gasteiger partial charge in [-0.15, -0.1) is 0 Å². The molecule has 0 aromatic heterocycles. The van der Waals surface area contributed by atoms with Gasteiger partial charge in [-0.3, -0.25) is 0 Å². The third kappa shape index (κ3) is 1.59. The normalized spacial score (nSPS) is 13.1. The third-order valence-electron chi connectivity index (χ3n) is 1.77. The molecule has 0 amide bonds. The molecule has 12 heavy (non-hydrogen) atoms. The summed E-state index contributed by atoms with van der Waals surface area (Å²) in [5.74, 6) is -0.333. The fourth-order valence-electron chi connectivity index (χ4n) is 1.10. The van der Waals surface area contributed by atoms with Crippen LogP contribution in [0.4, 0.5) is 4.39 Å². The molecule has 1 nitrogen and oxygen atoms in total. The first-order valence-electron chi connectivity index (χ1n) is 3.74. The van der Waals surface area contributed by atoms with Gasteiger partial charge in [0.1, 0.15) is 5.82 Å². The summed E-state index contributed by atoms with van der Waals surface area (Å²) in [7, 11) is 0. The number of aryl methyl sites for hydroxylation is 1. The van der Waals surface area contributed by atoms with Crippen molar-refractivity contribution in [1.29, 1.82) is 0 Å². The van der Waals surface area contributed by atoms with Crippen LogP contribution < -0.4 is 5.73 Å². The van der Waals surface area contributed by atoms with Crippen LogP contribution in [0.15, 0.2) is 12.1 Å². The van der Waals surface area contributed by atoms with E-state index in [1.807, 2.05) is 6.92 Å². The average Bonchev–Trinajstić information content (AvgIpc) is 1.97. The molecule has 0 aliphatic carbocycles. The molecule has 0 aliphatic heterocycles. The van der Waals surface area contributed by atoms with Gasteiger partial charge < -0.3 is 5.73 Å². The van der Waals surface area contributed by atoms with E-state index in [0.717, 1.165) is 5.56 Å². The Labute approximate surface area is 76.3 Å². The van der Waals surface area contributed by atoms with E-state index in [2.05, 4.69) is 0 Å². The molecule has 0 bridgehead atoms. The van der Waals surface area contributed by atoms with Crippen LogP contribution in [0, 0.1) is 12.7 Å². The molecule has 0 saturated heterocycles. The van der Waals surface area contributed by atoms with Crippen molar-refractivity contribution >= 4 is 11.6 Å². The van der Waals surface area contributed by atoms with Gasteiger partial charge in [0.2, 0.25) is 0 Å².